The van der Waals surface area contributed by atoms with Crippen molar-refractivity contribution >= 4 is 36.2 Å². The number of aromatic carboxylic acids is 2. The fourth-order valence-electron chi connectivity index (χ4n) is 2.66. The summed E-state index contributed by atoms with van der Waals surface area (Å²) in [5.41, 5.74) is 4.37. The second-order valence-electron chi connectivity index (χ2n) is 6.15. The van der Waals surface area contributed by atoms with Gasteiger partial charge < -0.3 is 10.2 Å². The van der Waals surface area contributed by atoms with Crippen LogP contribution >= 0.6 is 0 Å². The molecular weight excluding hydrogens is 352 g/mol. The molecule has 3 rings (SSSR count). The van der Waals surface area contributed by atoms with Gasteiger partial charge in [-0.05, 0) is 46.5 Å². The van der Waals surface area contributed by atoms with Gasteiger partial charge in [0, 0.05) is 0 Å². The molecule has 0 unspecified atom stereocenters. The van der Waals surface area contributed by atoms with Gasteiger partial charge in [-0.1, -0.05) is 72.8 Å². The zero-order valence-corrected chi connectivity index (χ0v) is 14.9. The third-order valence-corrected chi connectivity index (χ3v) is 4.22. The van der Waals surface area contributed by atoms with E-state index >= 15 is 0 Å². The van der Waals surface area contributed by atoms with Gasteiger partial charge in [-0.2, -0.15) is 0 Å². The average molecular weight is 370 g/mol. The van der Waals surface area contributed by atoms with Gasteiger partial charge in [0.25, 0.3) is 0 Å². The van der Waals surface area contributed by atoms with Crippen molar-refractivity contribution in [2.24, 2.45) is 0 Å². The summed E-state index contributed by atoms with van der Waals surface area (Å²) < 4.78 is 0. The third-order valence-electron chi connectivity index (χ3n) is 4.22. The highest BCUT2D eigenvalue weighted by atomic mass is 16.4. The molecule has 0 atom stereocenters. The average Bonchev–Trinajstić information content (AvgIpc) is 2.72. The Morgan fingerprint density at radius 3 is 1.21 bits per heavy atom. The second kappa shape index (κ2) is 8.64. The molecular formula is C24H18O4. The highest BCUT2D eigenvalue weighted by Gasteiger charge is 2.02. The Kier molecular flexibility index (Phi) is 5.82. The molecule has 0 fully saturated rings. The summed E-state index contributed by atoms with van der Waals surface area (Å²) in [4.78, 5) is 21.8. The molecule has 138 valence electrons. The van der Waals surface area contributed by atoms with Crippen molar-refractivity contribution in [3.05, 3.63) is 106 Å². The van der Waals surface area contributed by atoms with Gasteiger partial charge in [0.2, 0.25) is 0 Å². The minimum absolute atomic E-state index is 0.259. The molecule has 0 aliphatic rings. The molecule has 0 aliphatic heterocycles. The summed E-state index contributed by atoms with van der Waals surface area (Å²) in [5.74, 6) is -1.88. The molecule has 0 amide bonds. The Morgan fingerprint density at radius 2 is 0.893 bits per heavy atom. The van der Waals surface area contributed by atoms with Crippen LogP contribution in [-0.4, -0.2) is 22.2 Å². The number of carboxylic acids is 2. The van der Waals surface area contributed by atoms with Crippen LogP contribution in [0.15, 0.2) is 72.8 Å². The first-order valence-electron chi connectivity index (χ1n) is 8.65. The first kappa shape index (κ1) is 18.9. The summed E-state index contributed by atoms with van der Waals surface area (Å²) in [5, 5.41) is 17.9. The van der Waals surface area contributed by atoms with Crippen LogP contribution in [0.5, 0.6) is 0 Å². The van der Waals surface area contributed by atoms with Gasteiger partial charge in [0.15, 0.2) is 0 Å². The minimum Gasteiger partial charge on any atom is -0.478 e. The second-order valence-corrected chi connectivity index (χ2v) is 6.15. The molecule has 0 bridgehead atoms. The van der Waals surface area contributed by atoms with Gasteiger partial charge in [-0.25, -0.2) is 9.59 Å². The van der Waals surface area contributed by atoms with E-state index in [-0.39, 0.29) is 11.1 Å². The molecule has 4 heteroatoms. The van der Waals surface area contributed by atoms with Crippen molar-refractivity contribution < 1.29 is 19.8 Å². The Bertz CT molecular complexity index is 956. The molecule has 0 saturated heterocycles. The largest absolute Gasteiger partial charge is 0.478 e. The summed E-state index contributed by atoms with van der Waals surface area (Å²) in [6.45, 7) is 0. The number of hydrogen-bond donors (Lipinski definition) is 2. The van der Waals surface area contributed by atoms with Crippen molar-refractivity contribution in [1.29, 1.82) is 0 Å². The van der Waals surface area contributed by atoms with Crippen LogP contribution < -0.4 is 0 Å². The summed E-state index contributed by atoms with van der Waals surface area (Å²) in [7, 11) is 0. The minimum atomic E-state index is -0.942. The van der Waals surface area contributed by atoms with E-state index in [1.54, 1.807) is 48.5 Å². The zero-order valence-electron chi connectivity index (χ0n) is 14.9. The lowest BCUT2D eigenvalue weighted by atomic mass is 10.0. The summed E-state index contributed by atoms with van der Waals surface area (Å²) in [6, 6.07) is 21.3. The smallest absolute Gasteiger partial charge is 0.335 e. The SMILES string of the molecule is O=C(O)c1ccc(C=Cc2ccccc2C=Cc2ccc(C(=O)O)cc2)cc1. The first-order valence-corrected chi connectivity index (χ1v) is 8.65. The van der Waals surface area contributed by atoms with Crippen molar-refractivity contribution in [3.63, 3.8) is 0 Å². The molecule has 28 heavy (non-hydrogen) atoms. The molecule has 0 spiro atoms. The van der Waals surface area contributed by atoms with Gasteiger partial charge >= 0.3 is 11.9 Å². The Morgan fingerprint density at radius 1 is 0.536 bits per heavy atom. The van der Waals surface area contributed by atoms with E-state index in [0.717, 1.165) is 22.3 Å². The fraction of sp³-hybridized carbons (Fsp3) is 0. The lowest BCUT2D eigenvalue weighted by molar-refractivity contribution is 0.0686. The van der Waals surface area contributed by atoms with Crippen molar-refractivity contribution in [3.8, 4) is 0 Å². The number of carboxylic acid groups (broad SMARTS) is 2. The third kappa shape index (κ3) is 4.83. The Balaban J connectivity index is 1.78. The zero-order chi connectivity index (χ0) is 19.9. The molecule has 0 aliphatic carbocycles. The van der Waals surface area contributed by atoms with E-state index in [1.165, 1.54) is 0 Å². The number of hydrogen-bond acceptors (Lipinski definition) is 2. The van der Waals surface area contributed by atoms with Crippen LogP contribution in [0, 0.1) is 0 Å². The van der Waals surface area contributed by atoms with E-state index in [2.05, 4.69) is 0 Å². The topological polar surface area (TPSA) is 74.6 Å². The molecule has 0 radical (unpaired) electrons. The number of benzene rings is 3. The van der Waals surface area contributed by atoms with Crippen LogP contribution in [0.2, 0.25) is 0 Å². The molecule has 4 nitrogen and oxygen atoms in total. The van der Waals surface area contributed by atoms with Gasteiger partial charge in [-0.15, -0.1) is 0 Å². The number of rotatable bonds is 6. The van der Waals surface area contributed by atoms with E-state index in [0.29, 0.717) is 0 Å². The normalized spacial score (nSPS) is 11.1. The molecule has 0 aromatic heterocycles. The number of carbonyl (C=O) groups is 2. The quantitative estimate of drug-likeness (QED) is 0.568. The molecule has 3 aromatic carbocycles. The van der Waals surface area contributed by atoms with Crippen LogP contribution in [-0.2, 0) is 0 Å². The predicted octanol–water partition coefficient (Wildman–Crippen LogP) is 5.42. The maximum absolute atomic E-state index is 10.9. The maximum atomic E-state index is 10.9. The molecule has 2 N–H and O–H groups in total. The summed E-state index contributed by atoms with van der Waals surface area (Å²) >= 11 is 0. The highest BCUT2D eigenvalue weighted by Crippen LogP contribution is 2.17. The lowest BCUT2D eigenvalue weighted by Crippen LogP contribution is -1.94. The van der Waals surface area contributed by atoms with Crippen LogP contribution in [0.4, 0.5) is 0 Å². The predicted molar refractivity (Wildman–Crippen MR) is 111 cm³/mol. The van der Waals surface area contributed by atoms with Gasteiger partial charge in [0.05, 0.1) is 11.1 Å². The van der Waals surface area contributed by atoms with E-state index < -0.39 is 11.9 Å². The summed E-state index contributed by atoms with van der Waals surface area (Å²) in [6.07, 6.45) is 7.81. The van der Waals surface area contributed by atoms with E-state index in [9.17, 15) is 9.59 Å². The van der Waals surface area contributed by atoms with Crippen molar-refractivity contribution in [1.82, 2.24) is 0 Å². The van der Waals surface area contributed by atoms with Crippen molar-refractivity contribution in [2.75, 3.05) is 0 Å². The maximum Gasteiger partial charge on any atom is 0.335 e. The van der Waals surface area contributed by atoms with Gasteiger partial charge in [0.1, 0.15) is 0 Å². The standard InChI is InChI=1S/C24H18O4/c25-23(26)21-13-7-17(8-14-21)5-11-19-3-1-2-4-20(19)12-6-18-9-15-22(16-10-18)24(27)28/h1-16H,(H,25,26)(H,27,28). The van der Waals surface area contributed by atoms with Crippen LogP contribution in [0.25, 0.3) is 24.3 Å². The fourth-order valence-corrected chi connectivity index (χ4v) is 2.66. The van der Waals surface area contributed by atoms with Crippen LogP contribution in [0.1, 0.15) is 43.0 Å². The molecule has 0 saturated carbocycles. The van der Waals surface area contributed by atoms with Crippen molar-refractivity contribution in [2.45, 2.75) is 0 Å². The van der Waals surface area contributed by atoms with E-state index in [4.69, 9.17) is 10.2 Å². The Labute approximate surface area is 162 Å². The van der Waals surface area contributed by atoms with E-state index in [1.807, 2.05) is 48.6 Å². The highest BCUT2D eigenvalue weighted by molar-refractivity contribution is 5.89. The first-order chi connectivity index (χ1) is 13.5. The molecule has 3 aromatic rings. The monoisotopic (exact) mass is 370 g/mol. The Hall–Kier alpha value is -3.92. The van der Waals surface area contributed by atoms with Gasteiger partial charge in [-0.3, -0.25) is 0 Å². The lowest BCUT2D eigenvalue weighted by Gasteiger charge is -2.02. The van der Waals surface area contributed by atoms with Crippen LogP contribution in [0.3, 0.4) is 0 Å². The molecule has 0 heterocycles.